The van der Waals surface area contributed by atoms with Gasteiger partial charge in [0.05, 0.1) is 12.7 Å². The number of nitrogens with zero attached hydrogens (tertiary/aromatic N) is 1. The minimum absolute atomic E-state index is 0.00442. The number of aromatic amines is 1. The van der Waals surface area contributed by atoms with Gasteiger partial charge in [-0.1, -0.05) is 6.42 Å². The Morgan fingerprint density at radius 2 is 2.17 bits per heavy atom. The smallest absolute Gasteiger partial charge is 0.337 e. The second kappa shape index (κ2) is 6.77. The molecule has 1 aromatic carbocycles. The lowest BCUT2D eigenvalue weighted by atomic mass is 10.0. The Kier molecular flexibility index (Phi) is 4.71. The Morgan fingerprint density at radius 1 is 1.38 bits per heavy atom. The van der Waals surface area contributed by atoms with Gasteiger partial charge in [-0.05, 0) is 51.4 Å². The Bertz CT molecular complexity index is 825. The van der Waals surface area contributed by atoms with Crippen LogP contribution in [0.4, 0.5) is 0 Å². The fourth-order valence-electron chi connectivity index (χ4n) is 3.48. The molecule has 5 heteroatoms. The molecular formula is C19H24N2O3. The zero-order valence-electron chi connectivity index (χ0n) is 14.5. The number of piperidine rings is 1. The van der Waals surface area contributed by atoms with Crippen LogP contribution < -0.4 is 5.43 Å². The van der Waals surface area contributed by atoms with Crippen LogP contribution in [0.25, 0.3) is 10.9 Å². The minimum atomic E-state index is -0.428. The monoisotopic (exact) mass is 328 g/mol. The van der Waals surface area contributed by atoms with Crippen molar-refractivity contribution >= 4 is 16.9 Å². The average molecular weight is 328 g/mol. The number of methoxy groups -OCH3 is 1. The molecule has 0 amide bonds. The number of likely N-dealkylation sites (tertiary alicyclic amines) is 1. The number of aryl methyl sites for hydroxylation is 1. The van der Waals surface area contributed by atoms with Crippen molar-refractivity contribution in [1.82, 2.24) is 9.88 Å². The number of carbonyl (C=O) groups is 1. The SMILES string of the molecule is COC(=O)c1ccc2[nH]c(C)c(CN3CCCC[C@H]3C)c(=O)c2c1. The first-order chi connectivity index (χ1) is 11.5. The van der Waals surface area contributed by atoms with Gasteiger partial charge >= 0.3 is 5.97 Å². The largest absolute Gasteiger partial charge is 0.465 e. The highest BCUT2D eigenvalue weighted by atomic mass is 16.5. The summed E-state index contributed by atoms with van der Waals surface area (Å²) < 4.78 is 4.76. The normalized spacial score (nSPS) is 18.7. The second-order valence-corrected chi connectivity index (χ2v) is 6.62. The molecule has 1 aliphatic rings. The second-order valence-electron chi connectivity index (χ2n) is 6.62. The molecule has 0 bridgehead atoms. The minimum Gasteiger partial charge on any atom is -0.465 e. The molecule has 1 fully saturated rings. The van der Waals surface area contributed by atoms with Crippen molar-refractivity contribution in [2.75, 3.05) is 13.7 Å². The third kappa shape index (κ3) is 3.08. The van der Waals surface area contributed by atoms with Gasteiger partial charge < -0.3 is 9.72 Å². The molecule has 2 heterocycles. The number of hydrogen-bond acceptors (Lipinski definition) is 4. The van der Waals surface area contributed by atoms with Gasteiger partial charge in [0.2, 0.25) is 0 Å². The topological polar surface area (TPSA) is 62.4 Å². The Hall–Kier alpha value is -2.14. The summed E-state index contributed by atoms with van der Waals surface area (Å²) in [5.74, 6) is -0.428. The summed E-state index contributed by atoms with van der Waals surface area (Å²) >= 11 is 0. The standard InChI is InChI=1S/C19H24N2O3/c1-12-6-4-5-9-21(12)11-16-13(2)20-17-8-7-14(19(23)24-3)10-15(17)18(16)22/h7-8,10,12H,4-6,9,11H2,1-3H3,(H,20,22)/t12-/m1/s1. The third-order valence-electron chi connectivity index (χ3n) is 5.04. The number of rotatable bonds is 3. The highest BCUT2D eigenvalue weighted by Crippen LogP contribution is 2.20. The molecule has 1 aliphatic heterocycles. The number of fused-ring (bicyclic) bond motifs is 1. The molecule has 1 atom stereocenters. The number of esters is 1. The number of nitrogens with one attached hydrogen (secondary N) is 1. The maximum Gasteiger partial charge on any atom is 0.337 e. The van der Waals surface area contributed by atoms with Gasteiger partial charge in [0, 0.05) is 34.7 Å². The predicted molar refractivity (Wildman–Crippen MR) is 94.4 cm³/mol. The molecule has 0 saturated carbocycles. The zero-order valence-corrected chi connectivity index (χ0v) is 14.5. The summed E-state index contributed by atoms with van der Waals surface area (Å²) in [6.45, 7) is 5.85. The van der Waals surface area contributed by atoms with E-state index in [0.29, 0.717) is 23.5 Å². The van der Waals surface area contributed by atoms with Gasteiger partial charge in [-0.2, -0.15) is 0 Å². The molecule has 0 radical (unpaired) electrons. The first-order valence-corrected chi connectivity index (χ1v) is 8.49. The van der Waals surface area contributed by atoms with Crippen LogP contribution in [0.1, 0.15) is 47.8 Å². The first-order valence-electron chi connectivity index (χ1n) is 8.49. The van der Waals surface area contributed by atoms with Crippen LogP contribution in [0.2, 0.25) is 0 Å². The van der Waals surface area contributed by atoms with E-state index in [1.165, 1.54) is 26.4 Å². The number of ether oxygens (including phenoxy) is 1. The molecule has 1 N–H and O–H groups in total. The number of pyridine rings is 1. The van der Waals surface area contributed by atoms with Crippen LogP contribution in [-0.4, -0.2) is 35.5 Å². The third-order valence-corrected chi connectivity index (χ3v) is 5.04. The van der Waals surface area contributed by atoms with Crippen LogP contribution in [0, 0.1) is 6.92 Å². The molecule has 2 aromatic rings. The summed E-state index contributed by atoms with van der Waals surface area (Å²) in [5, 5.41) is 0.545. The van der Waals surface area contributed by atoms with Crippen LogP contribution in [-0.2, 0) is 11.3 Å². The lowest BCUT2D eigenvalue weighted by Crippen LogP contribution is -2.38. The van der Waals surface area contributed by atoms with Gasteiger partial charge in [0.25, 0.3) is 0 Å². The van der Waals surface area contributed by atoms with E-state index < -0.39 is 5.97 Å². The molecule has 1 aromatic heterocycles. The van der Waals surface area contributed by atoms with E-state index in [-0.39, 0.29) is 5.43 Å². The van der Waals surface area contributed by atoms with E-state index in [2.05, 4.69) is 16.8 Å². The fraction of sp³-hybridized carbons (Fsp3) is 0.474. The predicted octanol–water partition coefficient (Wildman–Crippen LogP) is 3.00. The number of hydrogen-bond donors (Lipinski definition) is 1. The summed E-state index contributed by atoms with van der Waals surface area (Å²) in [5.41, 5.74) is 2.84. The molecular weight excluding hydrogens is 304 g/mol. The zero-order chi connectivity index (χ0) is 17.3. The molecule has 24 heavy (non-hydrogen) atoms. The van der Waals surface area contributed by atoms with Gasteiger partial charge in [-0.25, -0.2) is 4.79 Å². The summed E-state index contributed by atoms with van der Waals surface area (Å²) in [7, 11) is 1.34. The van der Waals surface area contributed by atoms with Gasteiger partial charge in [0.15, 0.2) is 5.43 Å². The highest BCUT2D eigenvalue weighted by Gasteiger charge is 2.21. The molecule has 128 valence electrons. The van der Waals surface area contributed by atoms with E-state index in [1.807, 2.05) is 6.92 Å². The summed E-state index contributed by atoms with van der Waals surface area (Å²) in [6.07, 6.45) is 3.62. The van der Waals surface area contributed by atoms with Crippen molar-refractivity contribution in [3.8, 4) is 0 Å². The van der Waals surface area contributed by atoms with Crippen LogP contribution >= 0.6 is 0 Å². The van der Waals surface area contributed by atoms with E-state index in [9.17, 15) is 9.59 Å². The number of aromatic nitrogens is 1. The van der Waals surface area contributed by atoms with Crippen molar-refractivity contribution in [3.63, 3.8) is 0 Å². The number of benzene rings is 1. The summed E-state index contributed by atoms with van der Waals surface area (Å²) in [6, 6.07) is 5.57. The van der Waals surface area contributed by atoms with Crippen molar-refractivity contribution in [2.24, 2.45) is 0 Å². The Labute approximate surface area is 141 Å². The van der Waals surface area contributed by atoms with E-state index in [0.717, 1.165) is 23.3 Å². The highest BCUT2D eigenvalue weighted by molar-refractivity contribution is 5.94. The molecule has 0 unspecified atom stereocenters. The van der Waals surface area contributed by atoms with Crippen molar-refractivity contribution in [3.05, 3.63) is 45.2 Å². The summed E-state index contributed by atoms with van der Waals surface area (Å²) in [4.78, 5) is 30.4. The lowest BCUT2D eigenvalue weighted by molar-refractivity contribution is 0.0601. The molecule has 5 nitrogen and oxygen atoms in total. The molecule has 1 saturated heterocycles. The maximum atomic E-state index is 13.0. The Morgan fingerprint density at radius 3 is 2.88 bits per heavy atom. The molecule has 0 aliphatic carbocycles. The van der Waals surface area contributed by atoms with Crippen molar-refractivity contribution in [1.29, 1.82) is 0 Å². The van der Waals surface area contributed by atoms with Crippen LogP contribution in [0.15, 0.2) is 23.0 Å². The van der Waals surface area contributed by atoms with Gasteiger partial charge in [0.1, 0.15) is 0 Å². The molecule has 0 spiro atoms. The van der Waals surface area contributed by atoms with Gasteiger partial charge in [-0.15, -0.1) is 0 Å². The Balaban J connectivity index is 2.04. The van der Waals surface area contributed by atoms with Crippen LogP contribution in [0.3, 0.4) is 0 Å². The van der Waals surface area contributed by atoms with E-state index >= 15 is 0 Å². The fourth-order valence-corrected chi connectivity index (χ4v) is 3.48. The maximum absolute atomic E-state index is 13.0. The van der Waals surface area contributed by atoms with Crippen LogP contribution in [0.5, 0.6) is 0 Å². The van der Waals surface area contributed by atoms with E-state index in [4.69, 9.17) is 4.74 Å². The lowest BCUT2D eigenvalue weighted by Gasteiger charge is -2.33. The first kappa shape index (κ1) is 16.7. The van der Waals surface area contributed by atoms with Gasteiger partial charge in [-0.3, -0.25) is 9.69 Å². The number of H-pyrrole nitrogens is 1. The van der Waals surface area contributed by atoms with Crippen molar-refractivity contribution < 1.29 is 9.53 Å². The van der Waals surface area contributed by atoms with E-state index in [1.54, 1.807) is 18.2 Å². The van der Waals surface area contributed by atoms with Crippen molar-refractivity contribution in [2.45, 2.75) is 45.7 Å². The average Bonchev–Trinajstić information content (AvgIpc) is 2.59. The quantitative estimate of drug-likeness (QED) is 0.880. The molecule has 3 rings (SSSR count). The number of carbonyl (C=O) groups excluding carboxylic acids is 1.